The van der Waals surface area contributed by atoms with Gasteiger partial charge in [-0.05, 0) is 31.2 Å². The molecule has 0 fully saturated rings. The van der Waals surface area contributed by atoms with Crippen LogP contribution in [0.5, 0.6) is 0 Å². The molecule has 26 heavy (non-hydrogen) atoms. The Morgan fingerprint density at radius 2 is 1.27 bits per heavy atom. The molecular weight excluding hydrogens is 324 g/mol. The Hall–Kier alpha value is -3.53. The molecule has 3 aromatic rings. The number of rotatable bonds is 2. The van der Waals surface area contributed by atoms with Gasteiger partial charge in [0.1, 0.15) is 0 Å². The lowest BCUT2D eigenvalue weighted by Gasteiger charge is -2.17. The van der Waals surface area contributed by atoms with Crippen molar-refractivity contribution in [1.82, 2.24) is 4.90 Å². The molecule has 1 aliphatic heterocycles. The van der Waals surface area contributed by atoms with Crippen LogP contribution in [0.2, 0.25) is 0 Å². The van der Waals surface area contributed by atoms with Crippen molar-refractivity contribution < 1.29 is 9.59 Å². The van der Waals surface area contributed by atoms with Gasteiger partial charge < -0.3 is 0 Å². The van der Waals surface area contributed by atoms with Crippen molar-refractivity contribution in [2.75, 3.05) is 0 Å². The first-order chi connectivity index (χ1) is 12.6. The first-order valence-electron chi connectivity index (χ1n) is 8.34. The molecule has 1 heterocycles. The summed E-state index contributed by atoms with van der Waals surface area (Å²) in [6.07, 6.45) is 0. The molecular formula is C22H16N2O2. The number of amidine groups is 1. The second-order valence-corrected chi connectivity index (χ2v) is 6.13. The summed E-state index contributed by atoms with van der Waals surface area (Å²) >= 11 is 0. The molecule has 0 bridgehead atoms. The van der Waals surface area contributed by atoms with Gasteiger partial charge in [-0.15, -0.1) is 0 Å². The highest BCUT2D eigenvalue weighted by molar-refractivity contribution is 6.32. The van der Waals surface area contributed by atoms with Crippen molar-refractivity contribution in [3.8, 4) is 0 Å². The third kappa shape index (κ3) is 2.71. The second kappa shape index (κ2) is 6.41. The van der Waals surface area contributed by atoms with E-state index in [1.165, 1.54) is 4.90 Å². The normalized spacial score (nSPS) is 13.9. The van der Waals surface area contributed by atoms with E-state index in [9.17, 15) is 9.59 Å². The van der Waals surface area contributed by atoms with Crippen molar-refractivity contribution in [1.29, 1.82) is 0 Å². The van der Waals surface area contributed by atoms with Crippen LogP contribution < -0.4 is 0 Å². The molecule has 2 amide bonds. The minimum Gasteiger partial charge on any atom is -0.268 e. The predicted octanol–water partition coefficient (Wildman–Crippen LogP) is 4.37. The fourth-order valence-electron chi connectivity index (χ4n) is 2.95. The highest BCUT2D eigenvalue weighted by Crippen LogP contribution is 2.26. The van der Waals surface area contributed by atoms with Crippen molar-refractivity contribution in [2.45, 2.75) is 6.92 Å². The Balaban J connectivity index is 1.86. The molecule has 4 heteroatoms. The van der Waals surface area contributed by atoms with Gasteiger partial charge in [-0.25, -0.2) is 9.89 Å². The molecule has 0 radical (unpaired) electrons. The number of carbonyl (C=O) groups excluding carboxylic acids is 2. The number of hydrogen-bond acceptors (Lipinski definition) is 3. The van der Waals surface area contributed by atoms with Crippen LogP contribution in [0.15, 0.2) is 83.9 Å². The minimum atomic E-state index is -0.347. The molecule has 0 aliphatic carbocycles. The quantitative estimate of drug-likeness (QED) is 0.395. The third-order valence-electron chi connectivity index (χ3n) is 4.31. The Morgan fingerprint density at radius 1 is 0.731 bits per heavy atom. The molecule has 4 nitrogen and oxygen atoms in total. The maximum atomic E-state index is 12.9. The molecule has 0 unspecified atom stereocenters. The lowest BCUT2D eigenvalue weighted by Crippen LogP contribution is -2.36. The zero-order chi connectivity index (χ0) is 18.1. The fraction of sp³-hybridized carbons (Fsp3) is 0.0455. The summed E-state index contributed by atoms with van der Waals surface area (Å²) in [5, 5.41) is 0. The standard InChI is InChI=1S/C22H16N2O2/c1-15-11-13-17(14-12-15)23-20(16-7-3-2-4-8-16)24-21(25)18-9-5-6-10-19(18)22(24)26/h2-14H,1H3. The Bertz CT molecular complexity index is 987. The van der Waals surface area contributed by atoms with Gasteiger partial charge in [-0.3, -0.25) is 9.59 Å². The van der Waals surface area contributed by atoms with Crippen molar-refractivity contribution in [3.05, 3.63) is 101 Å². The van der Waals surface area contributed by atoms with Crippen LogP contribution in [0.3, 0.4) is 0 Å². The molecule has 0 saturated heterocycles. The van der Waals surface area contributed by atoms with Gasteiger partial charge in [0.05, 0.1) is 16.8 Å². The van der Waals surface area contributed by atoms with Crippen LogP contribution in [0.4, 0.5) is 5.69 Å². The van der Waals surface area contributed by atoms with Crippen LogP contribution in [-0.2, 0) is 0 Å². The topological polar surface area (TPSA) is 49.7 Å². The number of fused-ring (bicyclic) bond motifs is 1. The van der Waals surface area contributed by atoms with E-state index >= 15 is 0 Å². The van der Waals surface area contributed by atoms with E-state index in [-0.39, 0.29) is 11.8 Å². The zero-order valence-corrected chi connectivity index (χ0v) is 14.2. The van der Waals surface area contributed by atoms with E-state index in [1.54, 1.807) is 24.3 Å². The van der Waals surface area contributed by atoms with E-state index in [1.807, 2.05) is 61.5 Å². The SMILES string of the molecule is Cc1ccc(N=C(c2ccccc2)N2C(=O)c3ccccc3C2=O)cc1. The summed E-state index contributed by atoms with van der Waals surface area (Å²) in [6.45, 7) is 2.00. The van der Waals surface area contributed by atoms with Gasteiger partial charge in [-0.1, -0.05) is 60.2 Å². The van der Waals surface area contributed by atoms with E-state index in [4.69, 9.17) is 0 Å². The summed E-state index contributed by atoms with van der Waals surface area (Å²) < 4.78 is 0. The van der Waals surface area contributed by atoms with Crippen LogP contribution in [0.25, 0.3) is 0 Å². The largest absolute Gasteiger partial charge is 0.268 e. The van der Waals surface area contributed by atoms with Crippen LogP contribution in [0, 0.1) is 6.92 Å². The van der Waals surface area contributed by atoms with Gasteiger partial charge >= 0.3 is 0 Å². The molecule has 0 atom stereocenters. The Labute approximate surface area is 151 Å². The lowest BCUT2D eigenvalue weighted by molar-refractivity contribution is 0.0749. The summed E-state index contributed by atoms with van der Waals surface area (Å²) in [5.41, 5.74) is 3.33. The highest BCUT2D eigenvalue weighted by atomic mass is 16.2. The van der Waals surface area contributed by atoms with Gasteiger partial charge in [0, 0.05) is 5.56 Å². The van der Waals surface area contributed by atoms with Crippen LogP contribution in [0.1, 0.15) is 31.8 Å². The fourth-order valence-corrected chi connectivity index (χ4v) is 2.95. The number of hydrogen-bond donors (Lipinski definition) is 0. The number of aliphatic imine (C=N–C) groups is 1. The average molecular weight is 340 g/mol. The third-order valence-corrected chi connectivity index (χ3v) is 4.31. The molecule has 126 valence electrons. The summed E-state index contributed by atoms with van der Waals surface area (Å²) in [4.78, 5) is 31.6. The van der Waals surface area contributed by atoms with E-state index in [0.717, 1.165) is 5.56 Å². The van der Waals surface area contributed by atoms with Crippen molar-refractivity contribution >= 4 is 23.3 Å². The van der Waals surface area contributed by atoms with Crippen molar-refractivity contribution in [2.24, 2.45) is 4.99 Å². The monoisotopic (exact) mass is 340 g/mol. The first kappa shape index (κ1) is 16.0. The van der Waals surface area contributed by atoms with Gasteiger partial charge in [0.2, 0.25) is 0 Å². The highest BCUT2D eigenvalue weighted by Gasteiger charge is 2.38. The second-order valence-electron chi connectivity index (χ2n) is 6.13. The molecule has 0 saturated carbocycles. The zero-order valence-electron chi connectivity index (χ0n) is 14.2. The number of aryl methyl sites for hydroxylation is 1. The summed E-state index contributed by atoms with van der Waals surface area (Å²) in [5.74, 6) is -0.360. The van der Waals surface area contributed by atoms with Gasteiger partial charge in [0.25, 0.3) is 11.8 Å². The summed E-state index contributed by atoms with van der Waals surface area (Å²) in [7, 11) is 0. The number of nitrogens with zero attached hydrogens (tertiary/aromatic N) is 2. The smallest absolute Gasteiger partial charge is 0.267 e. The first-order valence-corrected chi connectivity index (χ1v) is 8.34. The molecule has 4 rings (SSSR count). The Morgan fingerprint density at radius 3 is 1.85 bits per heavy atom. The van der Waals surface area contributed by atoms with Crippen LogP contribution >= 0.6 is 0 Å². The molecule has 1 aliphatic rings. The molecule has 0 N–H and O–H groups in total. The molecule has 3 aromatic carbocycles. The minimum absolute atomic E-state index is 0.334. The van der Waals surface area contributed by atoms with Gasteiger partial charge in [0.15, 0.2) is 5.84 Å². The van der Waals surface area contributed by atoms with E-state index in [2.05, 4.69) is 4.99 Å². The lowest BCUT2D eigenvalue weighted by atomic mass is 10.1. The molecule has 0 aromatic heterocycles. The number of imide groups is 1. The average Bonchev–Trinajstić information content (AvgIpc) is 2.93. The number of amides is 2. The van der Waals surface area contributed by atoms with Crippen molar-refractivity contribution in [3.63, 3.8) is 0 Å². The predicted molar refractivity (Wildman–Crippen MR) is 101 cm³/mol. The summed E-state index contributed by atoms with van der Waals surface area (Å²) in [6, 6.07) is 23.8. The number of benzene rings is 3. The van der Waals surface area contributed by atoms with E-state index in [0.29, 0.717) is 28.2 Å². The Kier molecular flexibility index (Phi) is 3.93. The molecule has 0 spiro atoms. The van der Waals surface area contributed by atoms with Crippen LogP contribution in [-0.4, -0.2) is 22.5 Å². The maximum absolute atomic E-state index is 12.9. The van der Waals surface area contributed by atoms with E-state index < -0.39 is 0 Å². The van der Waals surface area contributed by atoms with Gasteiger partial charge in [-0.2, -0.15) is 0 Å². The maximum Gasteiger partial charge on any atom is 0.267 e. The number of carbonyl (C=O) groups is 2.